The molecule has 108 valence electrons. The lowest BCUT2D eigenvalue weighted by Crippen LogP contribution is -2.34. The van der Waals surface area contributed by atoms with E-state index in [0.717, 1.165) is 25.3 Å². The highest BCUT2D eigenvalue weighted by molar-refractivity contribution is 9.10. The van der Waals surface area contributed by atoms with Gasteiger partial charge in [-0.1, -0.05) is 27.3 Å². The van der Waals surface area contributed by atoms with Crippen molar-refractivity contribution in [1.29, 1.82) is 0 Å². The maximum Gasteiger partial charge on any atom is 0.241 e. The third-order valence-corrected chi connectivity index (χ3v) is 5.22. The molecule has 0 aliphatic rings. The van der Waals surface area contributed by atoms with Gasteiger partial charge in [-0.3, -0.25) is 4.79 Å². The van der Waals surface area contributed by atoms with Gasteiger partial charge in [0.2, 0.25) is 15.9 Å². The molecule has 1 amide bonds. The number of thiazole rings is 1. The van der Waals surface area contributed by atoms with E-state index in [1.54, 1.807) is 0 Å². The lowest BCUT2D eigenvalue weighted by atomic mass is 10.3. The summed E-state index contributed by atoms with van der Waals surface area (Å²) < 4.78 is 25.3. The van der Waals surface area contributed by atoms with E-state index in [2.05, 4.69) is 26.2 Å². The highest BCUT2D eigenvalue weighted by atomic mass is 79.9. The zero-order chi connectivity index (χ0) is 14.9. The number of rotatable bonds is 4. The number of carbonyl (C=O) groups is 1. The van der Waals surface area contributed by atoms with E-state index in [-0.39, 0.29) is 6.54 Å². The number of amides is 1. The van der Waals surface area contributed by atoms with E-state index in [1.165, 1.54) is 18.4 Å². The van der Waals surface area contributed by atoms with Crippen molar-refractivity contribution >= 4 is 58.5 Å². The molecule has 1 heterocycles. The number of carbonyl (C=O) groups excluding carboxylic acids is 1. The number of likely N-dealkylation sites (N-methyl/N-ethyl adjacent to an activating group) is 1. The second-order valence-electron chi connectivity index (χ2n) is 4.20. The van der Waals surface area contributed by atoms with Crippen molar-refractivity contribution in [2.45, 2.75) is 0 Å². The molecule has 1 aromatic heterocycles. The highest BCUT2D eigenvalue weighted by Crippen LogP contribution is 2.28. The van der Waals surface area contributed by atoms with Crippen molar-refractivity contribution in [1.82, 2.24) is 9.29 Å². The summed E-state index contributed by atoms with van der Waals surface area (Å²) in [6.07, 6.45) is 1.05. The zero-order valence-electron chi connectivity index (χ0n) is 10.8. The number of aromatic nitrogens is 1. The molecule has 0 unspecified atom stereocenters. The van der Waals surface area contributed by atoms with Crippen LogP contribution in [0, 0.1) is 0 Å². The van der Waals surface area contributed by atoms with E-state index >= 15 is 0 Å². The van der Waals surface area contributed by atoms with Gasteiger partial charge in [0.05, 0.1) is 23.0 Å². The Labute approximate surface area is 129 Å². The summed E-state index contributed by atoms with van der Waals surface area (Å²) in [7, 11) is -2.02. The predicted molar refractivity (Wildman–Crippen MR) is 83.4 cm³/mol. The monoisotopic (exact) mass is 377 g/mol. The molecule has 0 atom stereocenters. The van der Waals surface area contributed by atoms with Crippen LogP contribution in [0.4, 0.5) is 5.13 Å². The fourth-order valence-electron chi connectivity index (χ4n) is 1.43. The summed E-state index contributed by atoms with van der Waals surface area (Å²) in [6, 6.07) is 5.62. The number of nitrogens with one attached hydrogen (secondary N) is 1. The Hall–Kier alpha value is -1.03. The van der Waals surface area contributed by atoms with Gasteiger partial charge in [-0.25, -0.2) is 13.4 Å². The first-order valence-electron chi connectivity index (χ1n) is 5.53. The second-order valence-corrected chi connectivity index (χ2v) is 8.23. The molecule has 2 aromatic rings. The smallest absolute Gasteiger partial charge is 0.241 e. The summed E-state index contributed by atoms with van der Waals surface area (Å²) in [5, 5.41) is 3.05. The fraction of sp³-hybridized carbons (Fsp3) is 0.273. The lowest BCUT2D eigenvalue weighted by molar-refractivity contribution is -0.116. The summed E-state index contributed by atoms with van der Waals surface area (Å²) >= 11 is 4.70. The van der Waals surface area contributed by atoms with Gasteiger partial charge in [0.25, 0.3) is 0 Å². The first kappa shape index (κ1) is 15.4. The fourth-order valence-corrected chi connectivity index (χ4v) is 3.22. The molecule has 0 fully saturated rings. The third-order valence-electron chi connectivity index (χ3n) is 2.53. The van der Waals surface area contributed by atoms with Crippen molar-refractivity contribution in [2.75, 3.05) is 25.2 Å². The minimum Gasteiger partial charge on any atom is -0.301 e. The lowest BCUT2D eigenvalue weighted by Gasteiger charge is -2.12. The molecule has 9 heteroatoms. The Bertz CT molecular complexity index is 757. The van der Waals surface area contributed by atoms with Crippen LogP contribution in [0.2, 0.25) is 0 Å². The summed E-state index contributed by atoms with van der Waals surface area (Å²) in [6.45, 7) is -0.238. The molecule has 0 radical (unpaired) electrons. The molecule has 0 spiro atoms. The second kappa shape index (κ2) is 5.76. The highest BCUT2D eigenvalue weighted by Gasteiger charge is 2.16. The molecule has 20 heavy (non-hydrogen) atoms. The van der Waals surface area contributed by atoms with E-state index in [4.69, 9.17) is 0 Å². The van der Waals surface area contributed by atoms with Crippen LogP contribution in [0.5, 0.6) is 0 Å². The van der Waals surface area contributed by atoms with Crippen LogP contribution in [0.3, 0.4) is 0 Å². The van der Waals surface area contributed by atoms with E-state index < -0.39 is 15.9 Å². The number of nitrogens with zero attached hydrogens (tertiary/aromatic N) is 2. The summed E-state index contributed by atoms with van der Waals surface area (Å²) in [4.78, 5) is 16.0. The van der Waals surface area contributed by atoms with Crippen molar-refractivity contribution in [2.24, 2.45) is 0 Å². The van der Waals surface area contributed by atoms with E-state index in [1.807, 2.05) is 18.2 Å². The Balaban J connectivity index is 2.10. The average Bonchev–Trinajstić information content (AvgIpc) is 2.68. The van der Waals surface area contributed by atoms with Crippen molar-refractivity contribution < 1.29 is 13.2 Å². The van der Waals surface area contributed by atoms with E-state index in [9.17, 15) is 13.2 Å². The van der Waals surface area contributed by atoms with Gasteiger partial charge in [0.15, 0.2) is 5.13 Å². The maximum atomic E-state index is 11.8. The van der Waals surface area contributed by atoms with Crippen LogP contribution in [-0.2, 0) is 14.8 Å². The molecule has 0 saturated heterocycles. The van der Waals surface area contributed by atoms with Crippen LogP contribution in [0.1, 0.15) is 0 Å². The van der Waals surface area contributed by atoms with Crippen LogP contribution in [-0.4, -0.2) is 43.5 Å². The third kappa shape index (κ3) is 3.75. The molecule has 6 nitrogen and oxygen atoms in total. The number of fused-ring (bicyclic) bond motifs is 1. The van der Waals surface area contributed by atoms with Crippen LogP contribution in [0.15, 0.2) is 22.7 Å². The number of benzene rings is 1. The van der Waals surface area contributed by atoms with Crippen molar-refractivity contribution in [3.63, 3.8) is 0 Å². The predicted octanol–water partition coefficient (Wildman–Crippen LogP) is 1.89. The molecule has 0 saturated carbocycles. The van der Waals surface area contributed by atoms with Gasteiger partial charge in [-0.05, 0) is 18.2 Å². The minimum atomic E-state index is -3.37. The first-order chi connectivity index (χ1) is 9.25. The minimum absolute atomic E-state index is 0.238. The molecule has 1 N–H and O–H groups in total. The van der Waals surface area contributed by atoms with Crippen LogP contribution < -0.4 is 5.32 Å². The Kier molecular flexibility index (Phi) is 4.43. The van der Waals surface area contributed by atoms with Gasteiger partial charge < -0.3 is 5.32 Å². The number of halogens is 1. The molecule has 2 rings (SSSR count). The standard InChI is InChI=1S/C11H12BrN3O3S2/c1-15(20(2,17)18)6-10(16)14-11-13-8-4-3-7(12)5-9(8)19-11/h3-5H,6H2,1-2H3,(H,13,14,16). The van der Waals surface area contributed by atoms with Gasteiger partial charge >= 0.3 is 0 Å². The molecular formula is C11H12BrN3O3S2. The number of hydrogen-bond acceptors (Lipinski definition) is 5. The Morgan fingerprint density at radius 2 is 2.20 bits per heavy atom. The van der Waals surface area contributed by atoms with Crippen LogP contribution in [0.25, 0.3) is 10.2 Å². The molecule has 0 bridgehead atoms. The quantitative estimate of drug-likeness (QED) is 0.881. The first-order valence-corrected chi connectivity index (χ1v) is 8.99. The average molecular weight is 378 g/mol. The summed E-state index contributed by atoms with van der Waals surface area (Å²) in [5.41, 5.74) is 0.782. The molecular weight excluding hydrogens is 366 g/mol. The molecule has 0 aliphatic heterocycles. The van der Waals surface area contributed by atoms with Crippen molar-refractivity contribution in [3.05, 3.63) is 22.7 Å². The normalized spacial score (nSPS) is 12.0. The Morgan fingerprint density at radius 1 is 1.50 bits per heavy atom. The largest absolute Gasteiger partial charge is 0.301 e. The zero-order valence-corrected chi connectivity index (χ0v) is 14.0. The number of anilines is 1. The molecule has 0 aliphatic carbocycles. The van der Waals surface area contributed by atoms with E-state index in [0.29, 0.717) is 5.13 Å². The van der Waals surface area contributed by atoms with Crippen molar-refractivity contribution in [3.8, 4) is 0 Å². The van der Waals surface area contributed by atoms with Gasteiger partial charge in [0, 0.05) is 11.5 Å². The number of hydrogen-bond donors (Lipinski definition) is 1. The topological polar surface area (TPSA) is 79.4 Å². The maximum absolute atomic E-state index is 11.8. The SMILES string of the molecule is CN(CC(=O)Nc1nc2ccc(Br)cc2s1)S(C)(=O)=O. The van der Waals surface area contributed by atoms with Gasteiger partial charge in [-0.2, -0.15) is 4.31 Å². The number of sulfonamides is 1. The molecule has 1 aromatic carbocycles. The van der Waals surface area contributed by atoms with Gasteiger partial charge in [-0.15, -0.1) is 0 Å². The van der Waals surface area contributed by atoms with Gasteiger partial charge in [0.1, 0.15) is 0 Å². The van der Waals surface area contributed by atoms with Crippen LogP contribution >= 0.6 is 27.3 Å². The summed E-state index contributed by atoms with van der Waals surface area (Å²) in [5.74, 6) is -0.420. The Morgan fingerprint density at radius 3 is 2.85 bits per heavy atom.